The first-order chi connectivity index (χ1) is 19.1. The van der Waals surface area contributed by atoms with E-state index >= 15 is 0 Å². The van der Waals surface area contributed by atoms with Crippen molar-refractivity contribution >= 4 is 29.4 Å². The molecule has 2 heterocycles. The van der Waals surface area contributed by atoms with Crippen LogP contribution in [0, 0.1) is 5.92 Å². The van der Waals surface area contributed by atoms with Gasteiger partial charge in [0.05, 0.1) is 16.6 Å². The zero-order valence-electron chi connectivity index (χ0n) is 22.9. The van der Waals surface area contributed by atoms with Gasteiger partial charge in [-0.2, -0.15) is 0 Å². The van der Waals surface area contributed by atoms with E-state index in [-0.39, 0.29) is 18.0 Å². The van der Waals surface area contributed by atoms with Crippen LogP contribution in [0.3, 0.4) is 0 Å². The number of aromatic carboxylic acids is 1. The van der Waals surface area contributed by atoms with Gasteiger partial charge in [0.15, 0.2) is 0 Å². The Morgan fingerprint density at radius 2 is 1.70 bits per heavy atom. The van der Waals surface area contributed by atoms with E-state index in [4.69, 9.17) is 9.72 Å². The number of fused-ring (bicyclic) bond motifs is 1. The number of hydrogen-bond acceptors (Lipinski definition) is 4. The van der Waals surface area contributed by atoms with Crippen molar-refractivity contribution in [3.63, 3.8) is 0 Å². The molecule has 2 fully saturated rings. The predicted molar refractivity (Wildman–Crippen MR) is 162 cm³/mol. The molecule has 4 aromatic rings. The zero-order chi connectivity index (χ0) is 26.6. The van der Waals surface area contributed by atoms with Crippen LogP contribution >= 0.6 is 12.4 Å². The summed E-state index contributed by atoms with van der Waals surface area (Å²) in [6, 6.07) is 22.3. The Labute approximate surface area is 242 Å². The van der Waals surface area contributed by atoms with Crippen molar-refractivity contribution in [3.05, 3.63) is 77.9 Å². The van der Waals surface area contributed by atoms with Crippen molar-refractivity contribution in [3.8, 4) is 22.9 Å². The van der Waals surface area contributed by atoms with E-state index in [0.29, 0.717) is 6.04 Å². The number of aryl methyl sites for hydroxylation is 1. The quantitative estimate of drug-likeness (QED) is 0.228. The number of benzene rings is 3. The lowest BCUT2D eigenvalue weighted by Gasteiger charge is -2.25. The number of carboxylic acid groups (broad SMARTS) is 1. The number of halogens is 1. The Balaban J connectivity index is 0.00000323. The average molecular weight is 560 g/mol. The largest absolute Gasteiger partial charge is 0.478 e. The Morgan fingerprint density at radius 3 is 2.45 bits per heavy atom. The molecule has 2 N–H and O–H groups in total. The van der Waals surface area contributed by atoms with Crippen LogP contribution in [0.1, 0.15) is 73.3 Å². The van der Waals surface area contributed by atoms with Gasteiger partial charge in [0.2, 0.25) is 0 Å². The van der Waals surface area contributed by atoms with Crippen LogP contribution in [0.15, 0.2) is 66.7 Å². The molecule has 1 aliphatic heterocycles. The highest BCUT2D eigenvalue weighted by molar-refractivity contribution is 5.93. The summed E-state index contributed by atoms with van der Waals surface area (Å²) >= 11 is 0. The first kappa shape index (κ1) is 28.2. The molecule has 0 radical (unpaired) electrons. The lowest BCUT2D eigenvalue weighted by atomic mass is 9.91. The van der Waals surface area contributed by atoms with Crippen LogP contribution in [0.5, 0.6) is 11.5 Å². The molecule has 1 aliphatic carbocycles. The van der Waals surface area contributed by atoms with Gasteiger partial charge in [-0.15, -0.1) is 12.4 Å². The molecule has 6 rings (SSSR count). The van der Waals surface area contributed by atoms with E-state index < -0.39 is 5.97 Å². The molecule has 40 heavy (non-hydrogen) atoms. The van der Waals surface area contributed by atoms with Gasteiger partial charge in [0, 0.05) is 11.6 Å². The van der Waals surface area contributed by atoms with Gasteiger partial charge in [0.25, 0.3) is 0 Å². The molecule has 1 saturated carbocycles. The zero-order valence-corrected chi connectivity index (χ0v) is 23.7. The lowest BCUT2D eigenvalue weighted by molar-refractivity contribution is 0.0697. The fourth-order valence-corrected chi connectivity index (χ4v) is 6.26. The molecule has 1 saturated heterocycles. The second-order valence-electron chi connectivity index (χ2n) is 11.1. The molecule has 210 valence electrons. The Kier molecular flexibility index (Phi) is 9.08. The van der Waals surface area contributed by atoms with E-state index in [2.05, 4.69) is 40.2 Å². The molecule has 3 aromatic carbocycles. The molecule has 1 aromatic heterocycles. The van der Waals surface area contributed by atoms with Gasteiger partial charge in [0.1, 0.15) is 17.3 Å². The third-order valence-corrected chi connectivity index (χ3v) is 8.42. The highest BCUT2D eigenvalue weighted by Crippen LogP contribution is 2.37. The topological polar surface area (TPSA) is 76.4 Å². The van der Waals surface area contributed by atoms with Crippen LogP contribution in [0.4, 0.5) is 0 Å². The van der Waals surface area contributed by atoms with E-state index in [1.165, 1.54) is 44.1 Å². The lowest BCUT2D eigenvalue weighted by Crippen LogP contribution is -2.27. The maximum Gasteiger partial charge on any atom is 0.335 e. The second-order valence-corrected chi connectivity index (χ2v) is 11.1. The Hall–Kier alpha value is -3.35. The maximum absolute atomic E-state index is 11.6. The summed E-state index contributed by atoms with van der Waals surface area (Å²) in [7, 11) is 0. The van der Waals surface area contributed by atoms with Crippen molar-refractivity contribution in [1.82, 2.24) is 14.9 Å². The van der Waals surface area contributed by atoms with E-state index in [1.807, 2.05) is 24.3 Å². The van der Waals surface area contributed by atoms with Crippen molar-refractivity contribution in [2.75, 3.05) is 13.1 Å². The van der Waals surface area contributed by atoms with Crippen LogP contribution in [0.25, 0.3) is 22.4 Å². The summed E-state index contributed by atoms with van der Waals surface area (Å²) in [6.07, 6.45) is 10.8. The number of ether oxygens (including phenoxy) is 1. The number of imidazole rings is 1. The number of aromatic nitrogens is 2. The molecule has 7 heteroatoms. The molecule has 6 nitrogen and oxygen atoms in total. The van der Waals surface area contributed by atoms with Crippen molar-refractivity contribution in [1.29, 1.82) is 0 Å². The number of nitrogens with zero attached hydrogens (tertiary/aromatic N) is 2. The van der Waals surface area contributed by atoms with Crippen molar-refractivity contribution in [2.24, 2.45) is 5.92 Å². The first-order valence-corrected chi connectivity index (χ1v) is 14.5. The average Bonchev–Trinajstić information content (AvgIpc) is 3.36. The maximum atomic E-state index is 11.6. The van der Waals surface area contributed by atoms with Crippen LogP contribution in [-0.2, 0) is 6.42 Å². The highest BCUT2D eigenvalue weighted by atomic mass is 35.5. The predicted octanol–water partition coefficient (Wildman–Crippen LogP) is 8.05. The minimum Gasteiger partial charge on any atom is -0.478 e. The molecule has 0 spiro atoms. The third-order valence-electron chi connectivity index (χ3n) is 8.42. The third kappa shape index (κ3) is 6.34. The van der Waals surface area contributed by atoms with Gasteiger partial charge >= 0.3 is 5.97 Å². The number of nitrogens with one attached hydrogen (secondary N) is 1. The standard InChI is InChI=1S/C33H37N3O3.ClH/c37-33(38)26-13-16-31-30(22-26)35-32(36(31)27-6-2-1-3-7-27)25-11-14-28(15-12-25)39-29-8-4-5-24(21-29)10-9-23-17-19-34-20-18-23;/h4-5,8,11-16,21-23,27,34H,1-3,6-7,9-10,17-20H2,(H,37,38);1H. The van der Waals surface area contributed by atoms with Crippen LogP contribution in [-0.4, -0.2) is 33.7 Å². The summed E-state index contributed by atoms with van der Waals surface area (Å²) < 4.78 is 8.58. The van der Waals surface area contributed by atoms with Crippen molar-refractivity contribution in [2.45, 2.75) is 63.8 Å². The number of carboxylic acids is 1. The number of piperidine rings is 1. The normalized spacial score (nSPS) is 16.5. The summed E-state index contributed by atoms with van der Waals surface area (Å²) in [6.45, 7) is 2.29. The monoisotopic (exact) mass is 559 g/mol. The second kappa shape index (κ2) is 12.9. The molecule has 0 atom stereocenters. The van der Waals surface area contributed by atoms with Crippen LogP contribution < -0.4 is 10.1 Å². The van der Waals surface area contributed by atoms with Gasteiger partial charge in [-0.3, -0.25) is 0 Å². The SMILES string of the molecule is Cl.O=C(O)c1ccc2c(c1)nc(-c1ccc(Oc3cccc(CCC4CCNCC4)c3)cc1)n2C1CCCCC1. The van der Waals surface area contributed by atoms with Gasteiger partial charge in [-0.1, -0.05) is 31.4 Å². The summed E-state index contributed by atoms with van der Waals surface area (Å²) in [5.74, 6) is 2.44. The van der Waals surface area contributed by atoms with Crippen molar-refractivity contribution < 1.29 is 14.6 Å². The molecule has 0 unspecified atom stereocenters. The summed E-state index contributed by atoms with van der Waals surface area (Å²) in [5.41, 5.74) is 4.34. The van der Waals surface area contributed by atoms with Gasteiger partial charge < -0.3 is 19.7 Å². The number of carbonyl (C=O) groups is 1. The summed E-state index contributed by atoms with van der Waals surface area (Å²) in [4.78, 5) is 16.5. The minimum atomic E-state index is -0.928. The van der Waals surface area contributed by atoms with E-state index in [1.54, 1.807) is 12.1 Å². The molecular weight excluding hydrogens is 522 g/mol. The fraction of sp³-hybridized carbons (Fsp3) is 0.394. The fourth-order valence-electron chi connectivity index (χ4n) is 6.26. The smallest absolute Gasteiger partial charge is 0.335 e. The first-order valence-electron chi connectivity index (χ1n) is 14.5. The minimum absolute atomic E-state index is 0. The molecule has 0 amide bonds. The molecular formula is C33H38ClN3O3. The van der Waals surface area contributed by atoms with Gasteiger partial charge in [-0.25, -0.2) is 9.78 Å². The van der Waals surface area contributed by atoms with Gasteiger partial charge in [-0.05, 0) is 118 Å². The Morgan fingerprint density at radius 1 is 0.925 bits per heavy atom. The Bertz CT molecular complexity index is 1440. The number of hydrogen-bond donors (Lipinski definition) is 2. The van der Waals surface area contributed by atoms with Crippen LogP contribution in [0.2, 0.25) is 0 Å². The highest BCUT2D eigenvalue weighted by Gasteiger charge is 2.23. The summed E-state index contributed by atoms with van der Waals surface area (Å²) in [5, 5.41) is 12.9. The van der Waals surface area contributed by atoms with E-state index in [9.17, 15) is 9.90 Å². The number of rotatable bonds is 8. The molecule has 2 aliphatic rings. The van der Waals surface area contributed by atoms with E-state index in [0.717, 1.165) is 72.2 Å². The molecule has 0 bridgehead atoms.